The van der Waals surface area contributed by atoms with Gasteiger partial charge in [0.25, 0.3) is 0 Å². The Labute approximate surface area is 110 Å². The predicted molar refractivity (Wildman–Crippen MR) is 72.5 cm³/mol. The van der Waals surface area contributed by atoms with Crippen LogP contribution in [0.3, 0.4) is 0 Å². The third kappa shape index (κ3) is 2.57. The fourth-order valence-electron chi connectivity index (χ4n) is 1.87. The summed E-state index contributed by atoms with van der Waals surface area (Å²) in [5.74, 6) is 0. The second-order valence-corrected chi connectivity index (χ2v) is 5.80. The molecule has 0 aromatic carbocycles. The van der Waals surface area contributed by atoms with Crippen molar-refractivity contribution in [2.75, 3.05) is 0 Å². The lowest BCUT2D eigenvalue weighted by molar-refractivity contribution is 0.679. The maximum Gasteiger partial charge on any atom is 0.149 e. The van der Waals surface area contributed by atoms with E-state index >= 15 is 0 Å². The van der Waals surface area contributed by atoms with Crippen LogP contribution in [0.5, 0.6) is 0 Å². The second-order valence-electron chi connectivity index (χ2n) is 4.74. The average Bonchev–Trinajstić information content (AvgIpc) is 3.05. The topological polar surface area (TPSA) is 50.7 Å². The number of hydrogen-bond donors (Lipinski definition) is 1. The Balaban J connectivity index is 1.78. The van der Waals surface area contributed by atoms with Crippen molar-refractivity contribution in [2.24, 2.45) is 0 Å². The lowest BCUT2D eigenvalue weighted by Crippen LogP contribution is -2.14. The predicted octanol–water partition coefficient (Wildman–Crippen LogP) is 2.47. The molecule has 0 saturated heterocycles. The molecule has 1 fully saturated rings. The molecular weight excluding hydrogens is 244 g/mol. The minimum atomic E-state index is 0.708. The Bertz CT molecular complexity index is 560. The highest BCUT2D eigenvalue weighted by molar-refractivity contribution is 7.14. The average molecular weight is 260 g/mol. The van der Waals surface area contributed by atoms with Crippen molar-refractivity contribution in [2.45, 2.75) is 39.3 Å². The van der Waals surface area contributed by atoms with Crippen molar-refractivity contribution in [3.8, 4) is 10.6 Å². The number of rotatable bonds is 4. The molecule has 0 bridgehead atoms. The molecule has 0 unspecified atom stereocenters. The van der Waals surface area contributed by atoms with Gasteiger partial charge >= 0.3 is 0 Å². The van der Waals surface area contributed by atoms with E-state index in [0.29, 0.717) is 6.04 Å². The Morgan fingerprint density at radius 3 is 2.83 bits per heavy atom. The first kappa shape index (κ1) is 11.7. The number of nitrogens with zero attached hydrogens (tertiary/aromatic N) is 3. The molecule has 94 valence electrons. The lowest BCUT2D eigenvalue weighted by atomic mass is 10.2. The number of aromatic nitrogens is 3. The summed E-state index contributed by atoms with van der Waals surface area (Å²) < 4.78 is 0. The minimum absolute atomic E-state index is 0.708. The van der Waals surface area contributed by atoms with Gasteiger partial charge in [0.1, 0.15) is 10.0 Å². The third-order valence-electron chi connectivity index (χ3n) is 3.04. The first-order valence-corrected chi connectivity index (χ1v) is 7.04. The molecule has 18 heavy (non-hydrogen) atoms. The van der Waals surface area contributed by atoms with Gasteiger partial charge < -0.3 is 5.32 Å². The monoisotopic (exact) mass is 260 g/mol. The van der Waals surface area contributed by atoms with Gasteiger partial charge in [-0.3, -0.25) is 4.98 Å². The molecule has 4 nitrogen and oxygen atoms in total. The van der Waals surface area contributed by atoms with Gasteiger partial charge in [-0.1, -0.05) is 11.3 Å². The summed E-state index contributed by atoms with van der Waals surface area (Å²) in [5, 5.41) is 14.0. The van der Waals surface area contributed by atoms with Crippen LogP contribution in [0.2, 0.25) is 0 Å². The standard InChI is InChI=1S/C13H16N4S/c1-8-3-6-11(9(2)15-8)13-17-16-12(18-13)7-14-10-4-5-10/h3,6,10,14H,4-5,7H2,1-2H3. The number of nitrogens with one attached hydrogen (secondary N) is 1. The van der Waals surface area contributed by atoms with E-state index in [0.717, 1.165) is 33.5 Å². The summed E-state index contributed by atoms with van der Waals surface area (Å²) in [4.78, 5) is 4.47. The van der Waals surface area contributed by atoms with Crippen LogP contribution in [0.1, 0.15) is 29.2 Å². The Morgan fingerprint density at radius 1 is 1.28 bits per heavy atom. The molecule has 2 aromatic rings. The van der Waals surface area contributed by atoms with Crippen LogP contribution in [-0.2, 0) is 6.54 Å². The quantitative estimate of drug-likeness (QED) is 0.917. The second kappa shape index (κ2) is 4.74. The fourth-order valence-corrected chi connectivity index (χ4v) is 2.73. The number of pyridine rings is 1. The van der Waals surface area contributed by atoms with E-state index in [2.05, 4.69) is 26.6 Å². The SMILES string of the molecule is Cc1ccc(-c2nnc(CNC3CC3)s2)c(C)n1. The Morgan fingerprint density at radius 2 is 2.11 bits per heavy atom. The first-order valence-electron chi connectivity index (χ1n) is 6.23. The maximum absolute atomic E-state index is 4.47. The van der Waals surface area contributed by atoms with Gasteiger partial charge in [-0.2, -0.15) is 0 Å². The van der Waals surface area contributed by atoms with Gasteiger partial charge in [-0.05, 0) is 38.8 Å². The third-order valence-corrected chi connectivity index (χ3v) is 4.00. The molecule has 0 spiro atoms. The molecule has 1 aliphatic carbocycles. The van der Waals surface area contributed by atoms with Crippen molar-refractivity contribution in [3.63, 3.8) is 0 Å². The Hall–Kier alpha value is -1.33. The highest BCUT2D eigenvalue weighted by atomic mass is 32.1. The van der Waals surface area contributed by atoms with E-state index < -0.39 is 0 Å². The summed E-state index contributed by atoms with van der Waals surface area (Å²) in [5.41, 5.74) is 3.15. The van der Waals surface area contributed by atoms with Gasteiger partial charge in [0, 0.05) is 29.5 Å². The Kier molecular flexibility index (Phi) is 3.09. The van der Waals surface area contributed by atoms with E-state index in [9.17, 15) is 0 Å². The lowest BCUT2D eigenvalue weighted by Gasteiger charge is -2.01. The van der Waals surface area contributed by atoms with Crippen molar-refractivity contribution in [1.82, 2.24) is 20.5 Å². The van der Waals surface area contributed by atoms with Crippen LogP contribution >= 0.6 is 11.3 Å². The molecule has 3 rings (SSSR count). The molecule has 2 aromatic heterocycles. The highest BCUT2D eigenvalue weighted by Gasteiger charge is 2.20. The van der Waals surface area contributed by atoms with Crippen LogP contribution in [0.25, 0.3) is 10.6 Å². The van der Waals surface area contributed by atoms with Gasteiger partial charge in [0.2, 0.25) is 0 Å². The fraction of sp³-hybridized carbons (Fsp3) is 0.462. The molecule has 1 saturated carbocycles. The summed E-state index contributed by atoms with van der Waals surface area (Å²) in [7, 11) is 0. The van der Waals surface area contributed by atoms with Crippen LogP contribution < -0.4 is 5.32 Å². The van der Waals surface area contributed by atoms with Gasteiger partial charge in [0.05, 0.1) is 0 Å². The van der Waals surface area contributed by atoms with Crippen LogP contribution in [0.4, 0.5) is 0 Å². The van der Waals surface area contributed by atoms with Crippen LogP contribution in [-0.4, -0.2) is 21.2 Å². The molecule has 0 atom stereocenters. The van der Waals surface area contributed by atoms with E-state index in [1.54, 1.807) is 11.3 Å². The minimum Gasteiger partial charge on any atom is -0.308 e. The number of aryl methyl sites for hydroxylation is 2. The van der Waals surface area contributed by atoms with E-state index in [-0.39, 0.29) is 0 Å². The molecule has 5 heteroatoms. The van der Waals surface area contributed by atoms with Crippen molar-refractivity contribution < 1.29 is 0 Å². The highest BCUT2D eigenvalue weighted by Crippen LogP contribution is 2.26. The molecule has 0 radical (unpaired) electrons. The van der Waals surface area contributed by atoms with Gasteiger partial charge in [-0.15, -0.1) is 10.2 Å². The van der Waals surface area contributed by atoms with Gasteiger partial charge in [-0.25, -0.2) is 0 Å². The molecule has 1 aliphatic rings. The molecular formula is C13H16N4S. The summed E-state index contributed by atoms with van der Waals surface area (Å²) in [6.45, 7) is 4.86. The number of hydrogen-bond acceptors (Lipinski definition) is 5. The summed E-state index contributed by atoms with van der Waals surface area (Å²) in [6, 6.07) is 4.81. The summed E-state index contributed by atoms with van der Waals surface area (Å²) >= 11 is 1.65. The van der Waals surface area contributed by atoms with Gasteiger partial charge in [0.15, 0.2) is 0 Å². The van der Waals surface area contributed by atoms with Crippen LogP contribution in [0.15, 0.2) is 12.1 Å². The van der Waals surface area contributed by atoms with Crippen molar-refractivity contribution in [3.05, 3.63) is 28.5 Å². The van der Waals surface area contributed by atoms with E-state index in [1.807, 2.05) is 19.9 Å². The molecule has 0 amide bonds. The molecule has 0 aliphatic heterocycles. The first-order chi connectivity index (χ1) is 8.72. The zero-order valence-corrected chi connectivity index (χ0v) is 11.4. The normalized spacial score (nSPS) is 15.0. The maximum atomic E-state index is 4.47. The van der Waals surface area contributed by atoms with E-state index in [1.165, 1.54) is 12.8 Å². The molecule has 1 N–H and O–H groups in total. The summed E-state index contributed by atoms with van der Waals surface area (Å²) in [6.07, 6.45) is 2.60. The largest absolute Gasteiger partial charge is 0.308 e. The van der Waals surface area contributed by atoms with Crippen molar-refractivity contribution >= 4 is 11.3 Å². The van der Waals surface area contributed by atoms with Crippen LogP contribution in [0, 0.1) is 13.8 Å². The zero-order valence-electron chi connectivity index (χ0n) is 10.6. The zero-order chi connectivity index (χ0) is 12.5. The molecule has 2 heterocycles. The van der Waals surface area contributed by atoms with Crippen molar-refractivity contribution in [1.29, 1.82) is 0 Å². The smallest absolute Gasteiger partial charge is 0.149 e. The van der Waals surface area contributed by atoms with E-state index in [4.69, 9.17) is 0 Å².